The summed E-state index contributed by atoms with van der Waals surface area (Å²) < 4.78 is 65.2. The van der Waals surface area contributed by atoms with E-state index in [0.29, 0.717) is 25.7 Å². The molecule has 2 atom stereocenters. The van der Waals surface area contributed by atoms with Crippen LogP contribution in [-0.4, -0.2) is 41.2 Å². The maximum Gasteiger partial charge on any atom is 0.421 e. The van der Waals surface area contributed by atoms with Crippen molar-refractivity contribution >= 4 is 32.2 Å². The first-order valence-corrected chi connectivity index (χ1v) is 17.1. The first-order chi connectivity index (χ1) is 19.9. The van der Waals surface area contributed by atoms with E-state index in [1.165, 1.54) is 24.3 Å². The summed E-state index contributed by atoms with van der Waals surface area (Å²) in [5, 5.41) is 0. The maximum atomic E-state index is 12.6. The van der Waals surface area contributed by atoms with Crippen LogP contribution in [0.15, 0.2) is 70.5 Å². The fourth-order valence-electron chi connectivity index (χ4n) is 3.92. The summed E-state index contributed by atoms with van der Waals surface area (Å²) in [5.74, 6) is 0. The van der Waals surface area contributed by atoms with Gasteiger partial charge in [0.1, 0.15) is 12.2 Å². The summed E-state index contributed by atoms with van der Waals surface area (Å²) in [6.07, 6.45) is 5.04. The second-order valence-corrected chi connectivity index (χ2v) is 13.5. The number of amides is 2. The molecule has 232 valence electrons. The van der Waals surface area contributed by atoms with Gasteiger partial charge in [0.15, 0.2) is 0 Å². The third kappa shape index (κ3) is 12.2. The van der Waals surface area contributed by atoms with E-state index in [2.05, 4.69) is 0 Å². The lowest BCUT2D eigenvalue weighted by Gasteiger charge is -2.18. The molecule has 10 nitrogen and oxygen atoms in total. The number of benzene rings is 2. The second kappa shape index (κ2) is 16.9. The molecule has 0 radical (unpaired) electrons. The molecule has 2 N–H and O–H groups in total. The summed E-state index contributed by atoms with van der Waals surface area (Å²) in [4.78, 5) is 25.0. The highest BCUT2D eigenvalue weighted by molar-refractivity contribution is 7.90. The van der Waals surface area contributed by atoms with Crippen LogP contribution in [0.4, 0.5) is 9.59 Å². The molecular formula is C30H42N2O8S2. The van der Waals surface area contributed by atoms with E-state index in [1.54, 1.807) is 36.4 Å². The third-order valence-corrected chi connectivity index (χ3v) is 9.00. The molecule has 0 bridgehead atoms. The van der Waals surface area contributed by atoms with E-state index in [1.807, 2.05) is 37.1 Å². The first kappa shape index (κ1) is 34.8. The normalized spacial score (nSPS) is 13.3. The minimum absolute atomic E-state index is 0.0703. The zero-order valence-electron chi connectivity index (χ0n) is 24.7. The molecule has 0 heterocycles. The Hall–Kier alpha value is -3.38. The van der Waals surface area contributed by atoms with Gasteiger partial charge in [-0.3, -0.25) is 0 Å². The number of aryl methyl sites for hydroxylation is 2. The van der Waals surface area contributed by atoms with E-state index in [0.717, 1.165) is 36.8 Å². The Bertz CT molecular complexity index is 1280. The van der Waals surface area contributed by atoms with Crippen molar-refractivity contribution in [2.75, 3.05) is 0 Å². The van der Waals surface area contributed by atoms with Crippen molar-refractivity contribution in [2.24, 2.45) is 0 Å². The van der Waals surface area contributed by atoms with Crippen molar-refractivity contribution < 1.29 is 35.9 Å². The Morgan fingerprint density at radius 2 is 0.976 bits per heavy atom. The number of unbranched alkanes of at least 4 members (excludes halogenated alkanes) is 4. The van der Waals surface area contributed by atoms with Crippen molar-refractivity contribution in [1.29, 1.82) is 0 Å². The lowest BCUT2D eigenvalue weighted by atomic mass is 10.1. The van der Waals surface area contributed by atoms with E-state index < -0.39 is 44.4 Å². The summed E-state index contributed by atoms with van der Waals surface area (Å²) in [5.41, 5.74) is 1.74. The van der Waals surface area contributed by atoms with Crippen LogP contribution in [0, 0.1) is 13.8 Å². The first-order valence-electron chi connectivity index (χ1n) is 14.1. The number of carbonyl (C=O) groups excluding carboxylic acids is 2. The molecule has 2 amide bonds. The number of sulfonamides is 2. The van der Waals surface area contributed by atoms with Crippen LogP contribution in [0.5, 0.6) is 0 Å². The predicted molar refractivity (Wildman–Crippen MR) is 161 cm³/mol. The zero-order chi connectivity index (χ0) is 31.2. The van der Waals surface area contributed by atoms with Crippen LogP contribution in [0.2, 0.25) is 0 Å². The number of rotatable bonds is 16. The maximum absolute atomic E-state index is 12.6. The van der Waals surface area contributed by atoms with Gasteiger partial charge in [0.25, 0.3) is 20.0 Å². The molecule has 0 aliphatic rings. The highest BCUT2D eigenvalue weighted by Crippen LogP contribution is 2.16. The van der Waals surface area contributed by atoms with Gasteiger partial charge < -0.3 is 9.47 Å². The summed E-state index contributed by atoms with van der Waals surface area (Å²) in [6, 6.07) is 12.1. The number of hydrogen-bond donors (Lipinski definition) is 2. The fourth-order valence-corrected chi connectivity index (χ4v) is 5.68. The Morgan fingerprint density at radius 1 is 0.643 bits per heavy atom. The summed E-state index contributed by atoms with van der Waals surface area (Å²) in [7, 11) is -8.27. The molecule has 0 spiro atoms. The van der Waals surface area contributed by atoms with Gasteiger partial charge in [-0.2, -0.15) is 0 Å². The molecule has 0 saturated heterocycles. The topological polar surface area (TPSA) is 145 Å². The van der Waals surface area contributed by atoms with Crippen molar-refractivity contribution in [2.45, 2.75) is 101 Å². The summed E-state index contributed by atoms with van der Waals surface area (Å²) >= 11 is 0. The highest BCUT2D eigenvalue weighted by Gasteiger charge is 2.23. The van der Waals surface area contributed by atoms with E-state index in [4.69, 9.17) is 9.47 Å². The minimum Gasteiger partial charge on any atom is -0.441 e. The molecule has 0 fully saturated rings. The monoisotopic (exact) mass is 622 g/mol. The minimum atomic E-state index is -4.14. The van der Waals surface area contributed by atoms with Gasteiger partial charge in [0.05, 0.1) is 9.79 Å². The van der Waals surface area contributed by atoms with Crippen LogP contribution >= 0.6 is 0 Å². The van der Waals surface area contributed by atoms with Gasteiger partial charge in [-0.1, -0.05) is 74.9 Å². The molecule has 0 saturated carbocycles. The van der Waals surface area contributed by atoms with Crippen molar-refractivity contribution in [3.05, 3.63) is 71.8 Å². The number of carbonyl (C=O) groups is 2. The molecule has 2 aromatic carbocycles. The van der Waals surface area contributed by atoms with Gasteiger partial charge in [0.2, 0.25) is 0 Å². The van der Waals surface area contributed by atoms with Crippen molar-refractivity contribution in [1.82, 2.24) is 9.44 Å². The lowest BCUT2D eigenvalue weighted by molar-refractivity contribution is 0.111. The van der Waals surface area contributed by atoms with Gasteiger partial charge in [-0.15, -0.1) is 0 Å². The lowest BCUT2D eigenvalue weighted by Crippen LogP contribution is -2.34. The summed E-state index contributed by atoms with van der Waals surface area (Å²) in [6.45, 7) is 7.68. The standard InChI is InChI=1S/C30H42N2O8S2/c1-5-7-9-11-25(39-29(33)31-41(35,36)27-19-13-23(3)14-20-27)17-18-26(12-10-8-6-2)40-30(34)32-42(37,38)28-21-15-24(4)16-22-28/h13-22,25-26H,5-12H2,1-4H3,(H,31,33)(H,32,34)/b18-17-/t25-,26-/m0/s1. The quantitative estimate of drug-likeness (QED) is 0.164. The predicted octanol–water partition coefficient (Wildman–Crippen LogP) is 6.29. The zero-order valence-corrected chi connectivity index (χ0v) is 26.3. The van der Waals surface area contributed by atoms with E-state index >= 15 is 0 Å². The van der Waals surface area contributed by atoms with Crippen LogP contribution in [0.3, 0.4) is 0 Å². The van der Waals surface area contributed by atoms with Crippen molar-refractivity contribution in [3.63, 3.8) is 0 Å². The Kier molecular flexibility index (Phi) is 14.0. The molecule has 0 aliphatic carbocycles. The smallest absolute Gasteiger partial charge is 0.421 e. The van der Waals surface area contributed by atoms with Crippen LogP contribution in [-0.2, 0) is 29.5 Å². The number of hydrogen-bond acceptors (Lipinski definition) is 8. The average Bonchev–Trinajstić information content (AvgIpc) is 2.91. The van der Waals surface area contributed by atoms with Crippen LogP contribution in [0.25, 0.3) is 0 Å². The molecular weight excluding hydrogens is 580 g/mol. The van der Waals surface area contributed by atoms with Gasteiger partial charge >= 0.3 is 12.2 Å². The molecule has 2 aromatic rings. The van der Waals surface area contributed by atoms with E-state index in [9.17, 15) is 26.4 Å². The molecule has 0 aliphatic heterocycles. The molecule has 0 unspecified atom stereocenters. The Balaban J connectivity index is 2.14. The number of nitrogens with one attached hydrogen (secondary N) is 2. The van der Waals surface area contributed by atoms with Gasteiger partial charge in [0, 0.05) is 0 Å². The molecule has 0 aromatic heterocycles. The largest absolute Gasteiger partial charge is 0.441 e. The van der Waals surface area contributed by atoms with Crippen LogP contribution < -0.4 is 9.44 Å². The number of ether oxygens (including phenoxy) is 2. The van der Waals surface area contributed by atoms with Crippen LogP contribution in [0.1, 0.15) is 76.3 Å². The SMILES string of the molecule is CCCCC[C@@H](/C=C\[C@H](CCCCC)OC(=O)NS(=O)(=O)c1ccc(C)cc1)OC(=O)NS(=O)(=O)c1ccc(C)cc1. The molecule has 12 heteroatoms. The highest BCUT2D eigenvalue weighted by atomic mass is 32.2. The molecule has 42 heavy (non-hydrogen) atoms. The fraction of sp³-hybridized carbons (Fsp3) is 0.467. The van der Waals surface area contributed by atoms with Gasteiger partial charge in [-0.05, 0) is 75.9 Å². The van der Waals surface area contributed by atoms with Gasteiger partial charge in [-0.25, -0.2) is 35.9 Å². The van der Waals surface area contributed by atoms with E-state index in [-0.39, 0.29) is 9.79 Å². The average molecular weight is 623 g/mol. The molecule has 2 rings (SSSR count). The second-order valence-electron chi connectivity index (χ2n) is 10.1. The third-order valence-electron chi connectivity index (χ3n) is 6.34. The van der Waals surface area contributed by atoms with Crippen molar-refractivity contribution in [3.8, 4) is 0 Å². The Labute approximate surface area is 250 Å². The Morgan fingerprint density at radius 3 is 1.29 bits per heavy atom.